The minimum absolute atomic E-state index is 0.0742. The molecule has 7 nitrogen and oxygen atoms in total. The highest BCUT2D eigenvalue weighted by Gasteiger charge is 2.24. The van der Waals surface area contributed by atoms with Gasteiger partial charge >= 0.3 is 0 Å². The molecule has 2 heterocycles. The van der Waals surface area contributed by atoms with Gasteiger partial charge in [0.1, 0.15) is 5.71 Å². The number of fused-ring (bicyclic) bond motifs is 6. The minimum atomic E-state index is -0.0742. The van der Waals surface area contributed by atoms with Crippen LogP contribution in [0, 0.1) is 0 Å². The summed E-state index contributed by atoms with van der Waals surface area (Å²) in [6, 6.07) is 23.8. The first-order valence-electron chi connectivity index (χ1n) is 10.5. The summed E-state index contributed by atoms with van der Waals surface area (Å²) in [6.07, 6.45) is 0. The van der Waals surface area contributed by atoms with Gasteiger partial charge in [-0.2, -0.15) is 0 Å². The van der Waals surface area contributed by atoms with E-state index < -0.39 is 0 Å². The van der Waals surface area contributed by atoms with Crippen molar-refractivity contribution in [2.24, 2.45) is 5.16 Å². The lowest BCUT2D eigenvalue weighted by atomic mass is 10.1. The number of rotatable bonds is 4. The summed E-state index contributed by atoms with van der Waals surface area (Å²) in [6.45, 7) is 2.55. The molecule has 0 saturated carbocycles. The SMILES string of the molecule is CCn1c(=O)c2ccccc2n2c(CON=C3c4ccccc4-c4ccccc43)nnc12. The molecule has 0 N–H and O–H groups in total. The molecule has 0 amide bonds. The third-order valence-corrected chi connectivity index (χ3v) is 5.90. The zero-order valence-corrected chi connectivity index (χ0v) is 17.4. The smallest absolute Gasteiger partial charge is 0.262 e. The summed E-state index contributed by atoms with van der Waals surface area (Å²) < 4.78 is 3.49. The van der Waals surface area contributed by atoms with E-state index in [0.717, 1.165) is 33.5 Å². The van der Waals surface area contributed by atoms with Crippen LogP contribution in [0.3, 0.4) is 0 Å². The summed E-state index contributed by atoms with van der Waals surface area (Å²) in [5.41, 5.74) is 5.88. The number of aryl methyl sites for hydroxylation is 1. The number of nitrogens with zero attached hydrogens (tertiary/aromatic N) is 5. The molecule has 156 valence electrons. The van der Waals surface area contributed by atoms with Crippen LogP contribution >= 0.6 is 0 Å². The topological polar surface area (TPSA) is 73.8 Å². The fourth-order valence-electron chi connectivity index (χ4n) is 4.44. The van der Waals surface area contributed by atoms with Gasteiger partial charge < -0.3 is 4.84 Å². The minimum Gasteiger partial charge on any atom is -0.387 e. The summed E-state index contributed by atoms with van der Waals surface area (Å²) in [7, 11) is 0. The van der Waals surface area contributed by atoms with Crippen molar-refractivity contribution in [1.82, 2.24) is 19.2 Å². The van der Waals surface area contributed by atoms with Crippen LogP contribution in [-0.2, 0) is 18.0 Å². The van der Waals surface area contributed by atoms with E-state index in [1.54, 1.807) is 4.57 Å². The van der Waals surface area contributed by atoms with Crippen LogP contribution in [0.15, 0.2) is 82.7 Å². The van der Waals surface area contributed by atoms with Crippen molar-refractivity contribution in [2.45, 2.75) is 20.1 Å². The van der Waals surface area contributed by atoms with E-state index in [9.17, 15) is 4.79 Å². The van der Waals surface area contributed by atoms with E-state index >= 15 is 0 Å². The molecule has 0 bridgehead atoms. The van der Waals surface area contributed by atoms with E-state index in [1.165, 1.54) is 0 Å². The Balaban J connectivity index is 1.43. The maximum Gasteiger partial charge on any atom is 0.262 e. The van der Waals surface area contributed by atoms with Crippen LogP contribution in [0.4, 0.5) is 0 Å². The van der Waals surface area contributed by atoms with Gasteiger partial charge in [0.2, 0.25) is 5.78 Å². The molecular weight excluding hydrogens is 402 g/mol. The van der Waals surface area contributed by atoms with Crippen molar-refractivity contribution in [3.63, 3.8) is 0 Å². The standard InChI is InChI=1S/C25H19N5O2/c1-2-29-24(31)20-13-7-8-14-21(20)30-22(26-27-25(29)30)15-32-28-23-18-11-5-3-9-16(18)17-10-4-6-12-19(17)23/h3-14H,2,15H2,1H3. The molecule has 1 aliphatic carbocycles. The zero-order valence-electron chi connectivity index (χ0n) is 17.4. The predicted octanol–water partition coefficient (Wildman–Crippen LogP) is 4.01. The van der Waals surface area contributed by atoms with Crippen molar-refractivity contribution < 1.29 is 4.84 Å². The number of oxime groups is 1. The molecule has 32 heavy (non-hydrogen) atoms. The number of hydrogen-bond donors (Lipinski definition) is 0. The largest absolute Gasteiger partial charge is 0.387 e. The molecule has 5 aromatic rings. The van der Waals surface area contributed by atoms with Crippen molar-refractivity contribution in [2.75, 3.05) is 0 Å². The number of hydrogen-bond acceptors (Lipinski definition) is 5. The highest BCUT2D eigenvalue weighted by atomic mass is 16.6. The van der Waals surface area contributed by atoms with Gasteiger partial charge in [-0.3, -0.25) is 13.8 Å². The molecule has 0 aliphatic heterocycles. The van der Waals surface area contributed by atoms with Gasteiger partial charge in [0.15, 0.2) is 12.4 Å². The van der Waals surface area contributed by atoms with Gasteiger partial charge in [-0.1, -0.05) is 65.8 Å². The lowest BCUT2D eigenvalue weighted by Gasteiger charge is -2.09. The molecule has 6 rings (SSSR count). The van der Waals surface area contributed by atoms with Crippen LogP contribution in [0.2, 0.25) is 0 Å². The third kappa shape index (κ3) is 2.61. The van der Waals surface area contributed by atoms with Crippen LogP contribution < -0.4 is 5.56 Å². The van der Waals surface area contributed by atoms with Gasteiger partial charge in [-0.05, 0) is 30.2 Å². The summed E-state index contributed by atoms with van der Waals surface area (Å²) in [4.78, 5) is 18.6. The Morgan fingerprint density at radius 2 is 1.47 bits per heavy atom. The monoisotopic (exact) mass is 421 g/mol. The van der Waals surface area contributed by atoms with Gasteiger partial charge in [0.25, 0.3) is 5.56 Å². The van der Waals surface area contributed by atoms with Gasteiger partial charge in [-0.15, -0.1) is 10.2 Å². The molecule has 1 aliphatic rings. The average Bonchev–Trinajstić information content (AvgIpc) is 3.40. The van der Waals surface area contributed by atoms with Crippen molar-refractivity contribution in [1.29, 1.82) is 0 Å². The van der Waals surface area contributed by atoms with Crippen LogP contribution in [-0.4, -0.2) is 24.9 Å². The molecule has 0 fully saturated rings. The van der Waals surface area contributed by atoms with Crippen LogP contribution in [0.5, 0.6) is 0 Å². The molecule has 0 spiro atoms. The second kappa shape index (κ2) is 7.16. The highest BCUT2D eigenvalue weighted by Crippen LogP contribution is 2.36. The second-order valence-electron chi connectivity index (χ2n) is 7.62. The van der Waals surface area contributed by atoms with E-state index in [1.807, 2.05) is 59.9 Å². The fourth-order valence-corrected chi connectivity index (χ4v) is 4.44. The fraction of sp³-hybridized carbons (Fsp3) is 0.120. The Morgan fingerprint density at radius 3 is 2.16 bits per heavy atom. The van der Waals surface area contributed by atoms with E-state index in [4.69, 9.17) is 4.84 Å². The summed E-state index contributed by atoms with van der Waals surface area (Å²) in [5.74, 6) is 1.08. The first kappa shape index (κ1) is 18.5. The molecule has 0 saturated heterocycles. The molecule has 7 heteroatoms. The predicted molar refractivity (Wildman–Crippen MR) is 123 cm³/mol. The van der Waals surface area contributed by atoms with Crippen molar-refractivity contribution >= 4 is 22.4 Å². The average molecular weight is 421 g/mol. The maximum absolute atomic E-state index is 12.8. The van der Waals surface area contributed by atoms with E-state index in [0.29, 0.717) is 23.5 Å². The Hall–Kier alpha value is -4.26. The van der Waals surface area contributed by atoms with Gasteiger partial charge in [0, 0.05) is 17.7 Å². The zero-order chi connectivity index (χ0) is 21.7. The number of aromatic nitrogens is 4. The first-order valence-corrected chi connectivity index (χ1v) is 10.5. The summed E-state index contributed by atoms with van der Waals surface area (Å²) in [5, 5.41) is 13.7. The molecule has 3 aromatic carbocycles. The Labute approximate surface area is 183 Å². The molecule has 2 aromatic heterocycles. The normalized spacial score (nSPS) is 12.2. The van der Waals surface area contributed by atoms with Crippen LogP contribution in [0.1, 0.15) is 23.9 Å². The van der Waals surface area contributed by atoms with Gasteiger partial charge in [0.05, 0.1) is 10.9 Å². The van der Waals surface area contributed by atoms with Crippen molar-refractivity contribution in [3.8, 4) is 11.1 Å². The molecular formula is C25H19N5O2. The Bertz CT molecular complexity index is 1550. The number of para-hydroxylation sites is 1. The Morgan fingerprint density at radius 1 is 0.844 bits per heavy atom. The molecule has 0 atom stereocenters. The molecule has 0 unspecified atom stereocenters. The second-order valence-corrected chi connectivity index (χ2v) is 7.62. The van der Waals surface area contributed by atoms with Crippen LogP contribution in [0.25, 0.3) is 27.8 Å². The molecule has 0 radical (unpaired) electrons. The highest BCUT2D eigenvalue weighted by molar-refractivity contribution is 6.24. The lowest BCUT2D eigenvalue weighted by Crippen LogP contribution is -2.22. The number of benzene rings is 3. The van der Waals surface area contributed by atoms with E-state index in [-0.39, 0.29) is 12.2 Å². The lowest BCUT2D eigenvalue weighted by molar-refractivity contribution is 0.124. The Kier molecular flexibility index (Phi) is 4.14. The quantitative estimate of drug-likeness (QED) is 0.403. The van der Waals surface area contributed by atoms with Crippen molar-refractivity contribution in [3.05, 3.63) is 100 Å². The summed E-state index contributed by atoms with van der Waals surface area (Å²) >= 11 is 0. The van der Waals surface area contributed by atoms with E-state index in [2.05, 4.69) is 39.6 Å². The first-order chi connectivity index (χ1) is 15.8. The third-order valence-electron chi connectivity index (χ3n) is 5.90. The van der Waals surface area contributed by atoms with Gasteiger partial charge in [-0.25, -0.2) is 0 Å². The maximum atomic E-state index is 12.8.